The normalized spacial score (nSPS) is 11.1. The van der Waals surface area contributed by atoms with Gasteiger partial charge < -0.3 is 0 Å². The number of nitrogens with zero attached hydrogens (tertiary/aromatic N) is 1. The minimum Gasteiger partial charge on any atom is -0.276 e. The number of halogens is 3. The fourth-order valence-electron chi connectivity index (χ4n) is 1.33. The first-order valence-electron chi connectivity index (χ1n) is 4.85. The minimum absolute atomic E-state index is 0.541. The Labute approximate surface area is 123 Å². The summed E-state index contributed by atoms with van der Waals surface area (Å²) in [5, 5.41) is 3.04. The largest absolute Gasteiger partial charge is 0.276 e. The van der Waals surface area contributed by atoms with Crippen LogP contribution in [0.3, 0.4) is 0 Å². The molecule has 6 heteroatoms. The number of thiazole rings is 1. The quantitative estimate of drug-likeness (QED) is 0.595. The van der Waals surface area contributed by atoms with E-state index in [0.717, 1.165) is 0 Å². The summed E-state index contributed by atoms with van der Waals surface area (Å²) in [6.07, 6.45) is 2.79. The summed E-state index contributed by atoms with van der Waals surface area (Å²) in [6.45, 7) is 0. The Morgan fingerprint density at radius 3 is 2.56 bits per heavy atom. The van der Waals surface area contributed by atoms with Gasteiger partial charge in [0.2, 0.25) is 5.24 Å². The maximum absolute atomic E-state index is 10.6. The van der Waals surface area contributed by atoms with Crippen LogP contribution in [0.4, 0.5) is 0 Å². The van der Waals surface area contributed by atoms with Crippen molar-refractivity contribution in [3.8, 4) is 10.6 Å². The van der Waals surface area contributed by atoms with Crippen molar-refractivity contribution in [1.29, 1.82) is 0 Å². The van der Waals surface area contributed by atoms with E-state index in [1.54, 1.807) is 29.7 Å². The highest BCUT2D eigenvalue weighted by atomic mass is 35.5. The van der Waals surface area contributed by atoms with Gasteiger partial charge in [-0.2, -0.15) is 0 Å². The summed E-state index contributed by atoms with van der Waals surface area (Å²) < 4.78 is 0. The molecule has 2 rings (SSSR count). The highest BCUT2D eigenvalue weighted by Gasteiger charge is 2.11. The predicted molar refractivity (Wildman–Crippen MR) is 77.5 cm³/mol. The lowest BCUT2D eigenvalue weighted by Crippen LogP contribution is -1.81. The number of rotatable bonds is 3. The topological polar surface area (TPSA) is 30.0 Å². The lowest BCUT2D eigenvalue weighted by molar-refractivity contribution is -0.107. The molecule has 0 fully saturated rings. The molecule has 0 saturated carbocycles. The molecule has 18 heavy (non-hydrogen) atoms. The van der Waals surface area contributed by atoms with Gasteiger partial charge >= 0.3 is 0 Å². The van der Waals surface area contributed by atoms with Crippen LogP contribution in [0.15, 0.2) is 29.7 Å². The predicted octanol–water partition coefficient (Wildman–Crippen LogP) is 4.90. The molecular formula is C12H6Cl3NOS. The van der Waals surface area contributed by atoms with Crippen LogP contribution in [0.1, 0.15) is 5.69 Å². The lowest BCUT2D eigenvalue weighted by Gasteiger charge is -2.02. The van der Waals surface area contributed by atoms with Crippen LogP contribution < -0.4 is 0 Å². The third kappa shape index (κ3) is 3.12. The summed E-state index contributed by atoms with van der Waals surface area (Å²) >= 11 is 18.8. The maximum Gasteiger partial charge on any atom is 0.245 e. The van der Waals surface area contributed by atoms with E-state index >= 15 is 0 Å². The van der Waals surface area contributed by atoms with Crippen molar-refractivity contribution >= 4 is 57.5 Å². The van der Waals surface area contributed by atoms with Gasteiger partial charge in [-0.05, 0) is 35.9 Å². The Morgan fingerprint density at radius 1 is 1.28 bits per heavy atom. The molecule has 92 valence electrons. The van der Waals surface area contributed by atoms with Crippen molar-refractivity contribution in [2.45, 2.75) is 0 Å². The zero-order valence-corrected chi connectivity index (χ0v) is 11.9. The molecule has 0 bridgehead atoms. The van der Waals surface area contributed by atoms with Crippen LogP contribution >= 0.6 is 46.1 Å². The number of hydrogen-bond donors (Lipinski definition) is 0. The van der Waals surface area contributed by atoms with E-state index < -0.39 is 5.24 Å². The van der Waals surface area contributed by atoms with E-state index in [1.165, 1.54) is 17.4 Å². The highest BCUT2D eigenvalue weighted by Crippen LogP contribution is 2.36. The van der Waals surface area contributed by atoms with E-state index in [2.05, 4.69) is 4.98 Å². The molecule has 0 unspecified atom stereocenters. The third-order valence-electron chi connectivity index (χ3n) is 2.08. The van der Waals surface area contributed by atoms with E-state index in [4.69, 9.17) is 34.8 Å². The molecule has 1 aromatic heterocycles. The number of benzene rings is 1. The summed E-state index contributed by atoms with van der Waals surface area (Å²) in [6, 6.07) is 5.28. The molecule has 0 aliphatic carbocycles. The van der Waals surface area contributed by atoms with Gasteiger partial charge in [-0.3, -0.25) is 4.79 Å². The second kappa shape index (κ2) is 5.85. The first kappa shape index (κ1) is 13.6. The summed E-state index contributed by atoms with van der Waals surface area (Å²) in [5.41, 5.74) is 1.34. The molecule has 2 nitrogen and oxygen atoms in total. The van der Waals surface area contributed by atoms with Crippen LogP contribution in [0, 0.1) is 0 Å². The Hall–Kier alpha value is -0.870. The lowest BCUT2D eigenvalue weighted by atomic mass is 10.2. The van der Waals surface area contributed by atoms with E-state index in [1.807, 2.05) is 0 Å². The average Bonchev–Trinajstić information content (AvgIpc) is 2.75. The number of carbonyl (C=O) groups is 1. The first-order valence-corrected chi connectivity index (χ1v) is 6.87. The Kier molecular flexibility index (Phi) is 4.40. The molecule has 0 aliphatic heterocycles. The number of hydrogen-bond acceptors (Lipinski definition) is 3. The SMILES string of the molecule is O=C(Cl)/C=C/c1csc(-c2c(Cl)cccc2Cl)n1. The second-order valence-corrected chi connectivity index (χ2v) is 5.36. The third-order valence-corrected chi connectivity index (χ3v) is 3.72. The molecule has 0 amide bonds. The van der Waals surface area contributed by atoms with Crippen molar-refractivity contribution in [2.75, 3.05) is 0 Å². The molecule has 1 heterocycles. The molecule has 0 N–H and O–H groups in total. The Balaban J connectivity index is 2.38. The van der Waals surface area contributed by atoms with Gasteiger partial charge in [0, 0.05) is 10.9 Å². The maximum atomic E-state index is 10.6. The molecular weight excluding hydrogens is 313 g/mol. The molecule has 0 saturated heterocycles. The van der Waals surface area contributed by atoms with Crippen molar-refractivity contribution in [3.63, 3.8) is 0 Å². The molecule has 0 radical (unpaired) electrons. The monoisotopic (exact) mass is 317 g/mol. The molecule has 0 atom stereocenters. The van der Waals surface area contributed by atoms with Crippen LogP contribution in [0.25, 0.3) is 16.6 Å². The van der Waals surface area contributed by atoms with Crippen LogP contribution in [-0.4, -0.2) is 10.2 Å². The molecule has 0 spiro atoms. The zero-order chi connectivity index (χ0) is 13.1. The van der Waals surface area contributed by atoms with E-state index in [9.17, 15) is 4.79 Å². The number of carbonyl (C=O) groups excluding carboxylic acids is 1. The average molecular weight is 319 g/mol. The van der Waals surface area contributed by atoms with Gasteiger partial charge in [-0.25, -0.2) is 4.98 Å². The number of aromatic nitrogens is 1. The van der Waals surface area contributed by atoms with Gasteiger partial charge in [-0.1, -0.05) is 29.3 Å². The van der Waals surface area contributed by atoms with Crippen molar-refractivity contribution in [1.82, 2.24) is 4.98 Å². The van der Waals surface area contributed by atoms with Gasteiger partial charge in [-0.15, -0.1) is 11.3 Å². The highest BCUT2D eigenvalue weighted by molar-refractivity contribution is 7.13. The van der Waals surface area contributed by atoms with Gasteiger partial charge in [0.05, 0.1) is 15.7 Å². The number of allylic oxidation sites excluding steroid dienone is 1. The van der Waals surface area contributed by atoms with Crippen LogP contribution in [0.2, 0.25) is 10.0 Å². The Morgan fingerprint density at radius 2 is 1.94 bits per heavy atom. The van der Waals surface area contributed by atoms with Crippen molar-refractivity contribution in [3.05, 3.63) is 45.4 Å². The fourth-order valence-corrected chi connectivity index (χ4v) is 2.94. The Bertz CT molecular complexity index is 601. The standard InChI is InChI=1S/C12H6Cl3NOS/c13-8-2-1-3-9(14)11(8)12-16-7(6-18-12)4-5-10(15)17/h1-6H/b5-4+. The van der Waals surface area contributed by atoms with E-state index in [-0.39, 0.29) is 0 Å². The van der Waals surface area contributed by atoms with Crippen molar-refractivity contribution < 1.29 is 4.79 Å². The van der Waals surface area contributed by atoms with Crippen LogP contribution in [-0.2, 0) is 4.79 Å². The van der Waals surface area contributed by atoms with Gasteiger partial charge in [0.25, 0.3) is 0 Å². The van der Waals surface area contributed by atoms with Crippen molar-refractivity contribution in [2.24, 2.45) is 0 Å². The first-order chi connectivity index (χ1) is 8.58. The van der Waals surface area contributed by atoms with Gasteiger partial charge in [0.15, 0.2) is 0 Å². The minimum atomic E-state index is -0.541. The summed E-state index contributed by atoms with van der Waals surface area (Å²) in [4.78, 5) is 14.9. The molecule has 0 aliphatic rings. The summed E-state index contributed by atoms with van der Waals surface area (Å²) in [5.74, 6) is 0. The van der Waals surface area contributed by atoms with Crippen LogP contribution in [0.5, 0.6) is 0 Å². The second-order valence-electron chi connectivity index (χ2n) is 3.31. The molecule has 2 aromatic rings. The van der Waals surface area contributed by atoms with E-state index in [0.29, 0.717) is 26.3 Å². The zero-order valence-electron chi connectivity index (χ0n) is 8.86. The van der Waals surface area contributed by atoms with Gasteiger partial charge in [0.1, 0.15) is 5.01 Å². The summed E-state index contributed by atoms with van der Waals surface area (Å²) in [7, 11) is 0. The smallest absolute Gasteiger partial charge is 0.245 e. The fraction of sp³-hybridized carbons (Fsp3) is 0. The molecule has 1 aromatic carbocycles.